The second kappa shape index (κ2) is 11.2. The normalized spacial score (nSPS) is 12.0. The van der Waals surface area contributed by atoms with Gasteiger partial charge in [0.05, 0.1) is 12.1 Å². The number of anilines is 2. The number of pyridine rings is 2. The number of hydrogen-bond acceptors (Lipinski definition) is 8. The predicted molar refractivity (Wildman–Crippen MR) is 160 cm³/mol. The van der Waals surface area contributed by atoms with E-state index in [9.17, 15) is 19.5 Å². The molecule has 0 saturated heterocycles. The summed E-state index contributed by atoms with van der Waals surface area (Å²) in [5.74, 6) is -0.911. The third-order valence-corrected chi connectivity index (χ3v) is 7.12. The number of aromatic nitrogens is 4. The summed E-state index contributed by atoms with van der Waals surface area (Å²) < 4.78 is 7.95. The quantitative estimate of drug-likeness (QED) is 0.221. The average molecular weight is 578 g/mol. The van der Waals surface area contributed by atoms with E-state index in [1.54, 1.807) is 48.8 Å². The first-order valence-electron chi connectivity index (χ1n) is 13.6. The molecule has 1 aliphatic rings. The number of amides is 2. The zero-order valence-corrected chi connectivity index (χ0v) is 23.1. The summed E-state index contributed by atoms with van der Waals surface area (Å²) in [6.07, 6.45) is 5.79. The highest BCUT2D eigenvalue weighted by Gasteiger charge is 2.26. The molecule has 2 aromatic carbocycles. The molecule has 5 aromatic rings. The van der Waals surface area contributed by atoms with Gasteiger partial charge in [-0.3, -0.25) is 9.59 Å². The number of carbonyl (C=O) groups is 3. The van der Waals surface area contributed by atoms with Gasteiger partial charge in [-0.05, 0) is 60.3 Å². The number of ether oxygens (including phenoxy) is 1. The number of carboxylic acid groups (broad SMARTS) is 1. The van der Waals surface area contributed by atoms with Gasteiger partial charge in [-0.2, -0.15) is 0 Å². The highest BCUT2D eigenvalue weighted by Crippen LogP contribution is 2.39. The van der Waals surface area contributed by atoms with Crippen LogP contribution in [0.15, 0.2) is 67.1 Å². The molecule has 43 heavy (non-hydrogen) atoms. The van der Waals surface area contributed by atoms with Gasteiger partial charge in [0, 0.05) is 52.9 Å². The van der Waals surface area contributed by atoms with Gasteiger partial charge in [0.25, 0.3) is 11.8 Å². The van der Waals surface area contributed by atoms with Crippen molar-refractivity contribution in [3.8, 4) is 28.3 Å². The van der Waals surface area contributed by atoms with Crippen molar-refractivity contribution >= 4 is 40.1 Å². The highest BCUT2D eigenvalue weighted by molar-refractivity contribution is 6.12. The fourth-order valence-electron chi connectivity index (χ4n) is 5.05. The molecule has 0 radical (unpaired) electrons. The number of nitrogen functional groups attached to an aromatic ring is 1. The lowest BCUT2D eigenvalue weighted by molar-refractivity contribution is 0.0691. The van der Waals surface area contributed by atoms with Crippen molar-refractivity contribution in [1.29, 1.82) is 0 Å². The van der Waals surface area contributed by atoms with Crippen LogP contribution >= 0.6 is 0 Å². The minimum absolute atomic E-state index is 0.0430. The molecule has 5 N–H and O–H groups in total. The fraction of sp³-hybridized carbons (Fsp3) is 0.161. The first-order chi connectivity index (χ1) is 20.8. The van der Waals surface area contributed by atoms with E-state index in [4.69, 9.17) is 10.5 Å². The average Bonchev–Trinajstić information content (AvgIpc) is 3.40. The Hall–Kier alpha value is -5.78. The molecule has 0 spiro atoms. The number of carboxylic acids is 1. The Labute approximate surface area is 245 Å². The summed E-state index contributed by atoms with van der Waals surface area (Å²) in [4.78, 5) is 51.7. The lowest BCUT2D eigenvalue weighted by Crippen LogP contribution is -2.25. The first-order valence-corrected chi connectivity index (χ1v) is 13.6. The summed E-state index contributed by atoms with van der Waals surface area (Å²) in [6, 6.07) is 13.2. The molecule has 0 bridgehead atoms. The van der Waals surface area contributed by atoms with Gasteiger partial charge < -0.3 is 30.8 Å². The van der Waals surface area contributed by atoms with E-state index in [0.29, 0.717) is 54.8 Å². The fourth-order valence-corrected chi connectivity index (χ4v) is 5.05. The first kappa shape index (κ1) is 27.4. The topological polar surface area (TPSA) is 174 Å². The van der Waals surface area contributed by atoms with Gasteiger partial charge in [0.2, 0.25) is 0 Å². The van der Waals surface area contributed by atoms with E-state index < -0.39 is 17.8 Å². The molecule has 4 heterocycles. The van der Waals surface area contributed by atoms with E-state index in [0.717, 1.165) is 10.8 Å². The van der Waals surface area contributed by atoms with Crippen molar-refractivity contribution in [3.63, 3.8) is 0 Å². The Morgan fingerprint density at radius 3 is 2.67 bits per heavy atom. The molecule has 0 fully saturated rings. The summed E-state index contributed by atoms with van der Waals surface area (Å²) >= 11 is 0. The third-order valence-electron chi connectivity index (χ3n) is 7.12. The van der Waals surface area contributed by atoms with Crippen molar-refractivity contribution in [3.05, 3.63) is 84.1 Å². The molecule has 1 aliphatic heterocycles. The molecule has 0 unspecified atom stereocenters. The number of carbonyl (C=O) groups excluding carboxylic acids is 2. The molecule has 12 heteroatoms. The lowest BCUT2D eigenvalue weighted by Gasteiger charge is -2.17. The zero-order valence-electron chi connectivity index (χ0n) is 23.1. The van der Waals surface area contributed by atoms with Crippen LogP contribution in [0.25, 0.3) is 33.3 Å². The van der Waals surface area contributed by atoms with Gasteiger partial charge in [0.1, 0.15) is 29.7 Å². The van der Waals surface area contributed by atoms with E-state index in [1.165, 1.54) is 12.1 Å². The predicted octanol–water partition coefficient (Wildman–Crippen LogP) is 4.23. The zero-order chi connectivity index (χ0) is 30.1. The Morgan fingerprint density at radius 2 is 1.86 bits per heavy atom. The number of fused-ring (bicyclic) bond motifs is 4. The Balaban J connectivity index is 1.49. The maximum atomic E-state index is 14.0. The lowest BCUT2D eigenvalue weighted by atomic mass is 9.94. The molecular weight excluding hydrogens is 550 g/mol. The number of nitrogens with two attached hydrogens (primary N) is 1. The van der Waals surface area contributed by atoms with E-state index in [-0.39, 0.29) is 28.1 Å². The number of rotatable bonds is 7. The number of nitrogens with zero attached hydrogens (tertiary/aromatic N) is 4. The van der Waals surface area contributed by atoms with Crippen LogP contribution in [0, 0.1) is 0 Å². The minimum atomic E-state index is -1.35. The minimum Gasteiger partial charge on any atom is -0.491 e. The summed E-state index contributed by atoms with van der Waals surface area (Å²) in [7, 11) is 0. The largest absolute Gasteiger partial charge is 0.491 e. The molecule has 12 nitrogen and oxygen atoms in total. The van der Waals surface area contributed by atoms with Gasteiger partial charge in [0.15, 0.2) is 5.69 Å². The SMILES string of the molecule is CCCNC(=O)c1ccc(-c2cc3c(cc2C(=O)Nc2ccc4c(N)nccc4c2)-c2nccn2CCO3)c(C(=O)O)n1. The van der Waals surface area contributed by atoms with Crippen molar-refractivity contribution in [2.75, 3.05) is 24.2 Å². The molecule has 6 rings (SSSR count). The summed E-state index contributed by atoms with van der Waals surface area (Å²) in [6.45, 7) is 3.21. The number of nitrogens with one attached hydrogen (secondary N) is 2. The van der Waals surface area contributed by atoms with Crippen LogP contribution in [0.4, 0.5) is 11.5 Å². The molecule has 0 atom stereocenters. The van der Waals surface area contributed by atoms with Crippen LogP contribution in [0.1, 0.15) is 44.7 Å². The van der Waals surface area contributed by atoms with Gasteiger partial charge >= 0.3 is 5.97 Å². The van der Waals surface area contributed by atoms with Crippen molar-refractivity contribution < 1.29 is 24.2 Å². The van der Waals surface area contributed by atoms with Crippen LogP contribution in [-0.2, 0) is 6.54 Å². The Kier molecular flexibility index (Phi) is 7.16. The van der Waals surface area contributed by atoms with Crippen LogP contribution < -0.4 is 21.1 Å². The number of aromatic carboxylic acids is 1. The van der Waals surface area contributed by atoms with Crippen LogP contribution in [0.3, 0.4) is 0 Å². The molecule has 0 aliphatic carbocycles. The standard InChI is InChI=1S/C31H27N7O5/c1-2-8-35-30(40)24-6-5-20(26(37-24)31(41)42)21-16-25-23(28-34-10-11-38(28)12-13-43-25)15-22(21)29(39)36-18-3-4-19-17(14-18)7-9-33-27(19)32/h3-7,9-11,14-16H,2,8,12-13H2,1H3,(H2,32,33)(H,35,40)(H,36,39)(H,41,42). The Morgan fingerprint density at radius 1 is 1.00 bits per heavy atom. The number of hydrogen-bond donors (Lipinski definition) is 4. The van der Waals surface area contributed by atoms with E-state index in [2.05, 4.69) is 25.6 Å². The van der Waals surface area contributed by atoms with Gasteiger partial charge in [-0.1, -0.05) is 6.92 Å². The highest BCUT2D eigenvalue weighted by atomic mass is 16.5. The second-order valence-electron chi connectivity index (χ2n) is 9.93. The number of benzene rings is 2. The smallest absolute Gasteiger partial charge is 0.355 e. The maximum absolute atomic E-state index is 14.0. The van der Waals surface area contributed by atoms with Crippen molar-refractivity contribution in [2.24, 2.45) is 0 Å². The Bertz CT molecular complexity index is 1920. The maximum Gasteiger partial charge on any atom is 0.355 e. The molecular formula is C31H27N7O5. The molecule has 216 valence electrons. The monoisotopic (exact) mass is 577 g/mol. The van der Waals surface area contributed by atoms with E-state index in [1.807, 2.05) is 17.7 Å². The second-order valence-corrected chi connectivity index (χ2v) is 9.93. The van der Waals surface area contributed by atoms with Crippen molar-refractivity contribution in [1.82, 2.24) is 24.8 Å². The molecule has 3 aromatic heterocycles. The van der Waals surface area contributed by atoms with Gasteiger partial charge in [-0.15, -0.1) is 0 Å². The van der Waals surface area contributed by atoms with Crippen molar-refractivity contribution in [2.45, 2.75) is 19.9 Å². The van der Waals surface area contributed by atoms with Crippen LogP contribution in [-0.4, -0.2) is 55.6 Å². The summed E-state index contributed by atoms with van der Waals surface area (Å²) in [5.41, 5.74) is 7.24. The summed E-state index contributed by atoms with van der Waals surface area (Å²) in [5, 5.41) is 17.3. The van der Waals surface area contributed by atoms with Gasteiger partial charge in [-0.25, -0.2) is 19.7 Å². The third kappa shape index (κ3) is 5.21. The van der Waals surface area contributed by atoms with Crippen LogP contribution in [0.2, 0.25) is 0 Å². The number of imidazole rings is 1. The van der Waals surface area contributed by atoms with E-state index >= 15 is 0 Å². The van der Waals surface area contributed by atoms with Crippen LogP contribution in [0.5, 0.6) is 5.75 Å². The molecule has 2 amide bonds. The molecule has 0 saturated carbocycles.